The first-order valence-electron chi connectivity index (χ1n) is 8.14. The molecule has 0 fully saturated rings. The van der Waals surface area contributed by atoms with Crippen molar-refractivity contribution >= 4 is 0 Å². The molecule has 0 bridgehead atoms. The minimum Gasteiger partial charge on any atom is -0.312 e. The molecule has 3 aromatic rings. The maximum absolute atomic E-state index is 9.01. The molecule has 2 heterocycles. The van der Waals surface area contributed by atoms with E-state index in [0.29, 0.717) is 5.56 Å². The predicted molar refractivity (Wildman–Crippen MR) is 95.2 cm³/mol. The smallest absolute Gasteiger partial charge is 0.0991 e. The Morgan fingerprint density at radius 1 is 0.958 bits per heavy atom. The number of aromatic nitrogens is 1. The average molecular weight is 311 g/mol. The summed E-state index contributed by atoms with van der Waals surface area (Å²) in [5.74, 6) is 0. The van der Waals surface area contributed by atoms with Crippen molar-refractivity contribution in [2.75, 3.05) is 6.54 Å². The van der Waals surface area contributed by atoms with E-state index in [1.807, 2.05) is 42.5 Å². The summed E-state index contributed by atoms with van der Waals surface area (Å²) in [6.45, 7) is 1.80. The van der Waals surface area contributed by atoms with Gasteiger partial charge in [0.15, 0.2) is 0 Å². The lowest BCUT2D eigenvalue weighted by atomic mass is 9.93. The van der Waals surface area contributed by atoms with Crippen molar-refractivity contribution in [3.05, 3.63) is 77.5 Å². The van der Waals surface area contributed by atoms with Crippen molar-refractivity contribution in [1.29, 1.82) is 5.26 Å². The quantitative estimate of drug-likeness (QED) is 0.780. The molecule has 1 aliphatic heterocycles. The van der Waals surface area contributed by atoms with Crippen LogP contribution in [0.25, 0.3) is 22.4 Å². The summed E-state index contributed by atoms with van der Waals surface area (Å²) < 4.78 is 0. The second-order valence-electron chi connectivity index (χ2n) is 5.96. The third-order valence-electron chi connectivity index (χ3n) is 4.44. The van der Waals surface area contributed by atoms with Crippen LogP contribution >= 0.6 is 0 Å². The number of hydrogen-bond donors (Lipinski definition) is 1. The standard InChI is InChI=1S/C21H17N3/c22-13-15-6-8-16(9-7-15)18-12-21(17-4-2-1-3-5-17)24-20-10-11-23-14-19(18)20/h1-9,12,23H,10-11,14H2. The molecular weight excluding hydrogens is 294 g/mol. The number of nitrogens with one attached hydrogen (secondary N) is 1. The van der Waals surface area contributed by atoms with E-state index in [1.165, 1.54) is 16.8 Å². The maximum Gasteiger partial charge on any atom is 0.0991 e. The summed E-state index contributed by atoms with van der Waals surface area (Å²) in [6.07, 6.45) is 0.944. The second kappa shape index (κ2) is 6.27. The van der Waals surface area contributed by atoms with Crippen molar-refractivity contribution in [3.63, 3.8) is 0 Å². The SMILES string of the molecule is N#Cc1ccc(-c2cc(-c3ccccc3)nc3c2CNCC3)cc1. The summed E-state index contributed by atoms with van der Waals surface area (Å²) in [4.78, 5) is 4.91. The van der Waals surface area contributed by atoms with Gasteiger partial charge in [-0.25, -0.2) is 0 Å². The van der Waals surface area contributed by atoms with Gasteiger partial charge in [0.1, 0.15) is 0 Å². The lowest BCUT2D eigenvalue weighted by Crippen LogP contribution is -2.25. The van der Waals surface area contributed by atoms with Crippen LogP contribution in [0.1, 0.15) is 16.8 Å². The molecule has 3 heteroatoms. The first kappa shape index (κ1) is 14.6. The third-order valence-corrected chi connectivity index (χ3v) is 4.44. The number of nitrogens with zero attached hydrogens (tertiary/aromatic N) is 2. The molecule has 3 nitrogen and oxygen atoms in total. The number of fused-ring (bicyclic) bond motifs is 1. The summed E-state index contributed by atoms with van der Waals surface area (Å²) in [6, 6.07) is 22.4. The van der Waals surface area contributed by atoms with Gasteiger partial charge in [-0.2, -0.15) is 5.26 Å². The van der Waals surface area contributed by atoms with E-state index in [4.69, 9.17) is 10.2 Å². The third kappa shape index (κ3) is 2.68. The molecule has 2 aromatic carbocycles. The number of pyridine rings is 1. The monoisotopic (exact) mass is 311 g/mol. The van der Waals surface area contributed by atoms with Gasteiger partial charge < -0.3 is 5.32 Å². The molecule has 0 atom stereocenters. The Labute approximate surface area is 141 Å². The number of nitriles is 1. The Morgan fingerprint density at radius 3 is 2.50 bits per heavy atom. The van der Waals surface area contributed by atoms with Gasteiger partial charge in [0.05, 0.1) is 17.3 Å². The minimum atomic E-state index is 0.683. The van der Waals surface area contributed by atoms with E-state index in [2.05, 4.69) is 29.6 Å². The first-order chi connectivity index (χ1) is 11.8. The fourth-order valence-corrected chi connectivity index (χ4v) is 3.19. The highest BCUT2D eigenvalue weighted by Crippen LogP contribution is 2.31. The molecule has 1 N–H and O–H groups in total. The van der Waals surface area contributed by atoms with Gasteiger partial charge >= 0.3 is 0 Å². The lowest BCUT2D eigenvalue weighted by Gasteiger charge is -2.21. The van der Waals surface area contributed by atoms with Gasteiger partial charge in [-0.05, 0) is 34.9 Å². The topological polar surface area (TPSA) is 48.7 Å². The average Bonchev–Trinajstić information content (AvgIpc) is 2.68. The van der Waals surface area contributed by atoms with Crippen LogP contribution in [0.5, 0.6) is 0 Å². The molecule has 116 valence electrons. The summed E-state index contributed by atoms with van der Waals surface area (Å²) >= 11 is 0. The van der Waals surface area contributed by atoms with Crippen LogP contribution in [-0.2, 0) is 13.0 Å². The van der Waals surface area contributed by atoms with Gasteiger partial charge in [-0.1, -0.05) is 42.5 Å². The fourth-order valence-electron chi connectivity index (χ4n) is 3.19. The molecule has 0 saturated heterocycles. The van der Waals surface area contributed by atoms with Gasteiger partial charge in [0.2, 0.25) is 0 Å². The zero-order chi connectivity index (χ0) is 16.4. The number of rotatable bonds is 2. The molecular formula is C21H17N3. The summed E-state index contributed by atoms with van der Waals surface area (Å²) in [5, 5.41) is 12.5. The minimum absolute atomic E-state index is 0.683. The Balaban J connectivity index is 1.89. The van der Waals surface area contributed by atoms with Crippen LogP contribution in [0.2, 0.25) is 0 Å². The second-order valence-corrected chi connectivity index (χ2v) is 5.96. The number of hydrogen-bond acceptors (Lipinski definition) is 3. The highest BCUT2D eigenvalue weighted by Gasteiger charge is 2.17. The summed E-state index contributed by atoms with van der Waals surface area (Å²) in [5.41, 5.74) is 7.61. The Morgan fingerprint density at radius 2 is 1.75 bits per heavy atom. The van der Waals surface area contributed by atoms with Crippen molar-refractivity contribution in [1.82, 2.24) is 10.3 Å². The van der Waals surface area contributed by atoms with Crippen molar-refractivity contribution in [2.45, 2.75) is 13.0 Å². The largest absolute Gasteiger partial charge is 0.312 e. The van der Waals surface area contributed by atoms with Crippen LogP contribution in [0.15, 0.2) is 60.7 Å². The molecule has 0 saturated carbocycles. The van der Waals surface area contributed by atoms with E-state index in [1.54, 1.807) is 0 Å². The predicted octanol–water partition coefficient (Wildman–Crippen LogP) is 3.93. The van der Waals surface area contributed by atoms with Crippen LogP contribution < -0.4 is 5.32 Å². The normalized spacial score (nSPS) is 13.1. The van der Waals surface area contributed by atoms with Gasteiger partial charge in [0, 0.05) is 30.8 Å². The maximum atomic E-state index is 9.01. The molecule has 0 radical (unpaired) electrons. The van der Waals surface area contributed by atoms with Gasteiger partial charge in [0.25, 0.3) is 0 Å². The van der Waals surface area contributed by atoms with E-state index < -0.39 is 0 Å². The van der Waals surface area contributed by atoms with Crippen LogP contribution in [0.4, 0.5) is 0 Å². The molecule has 0 aliphatic carbocycles. The van der Waals surface area contributed by atoms with E-state index in [-0.39, 0.29) is 0 Å². The van der Waals surface area contributed by atoms with Crippen LogP contribution in [-0.4, -0.2) is 11.5 Å². The molecule has 0 unspecified atom stereocenters. The first-order valence-corrected chi connectivity index (χ1v) is 8.14. The zero-order valence-corrected chi connectivity index (χ0v) is 13.3. The number of benzene rings is 2. The van der Waals surface area contributed by atoms with Crippen molar-refractivity contribution < 1.29 is 0 Å². The van der Waals surface area contributed by atoms with Crippen molar-refractivity contribution in [2.24, 2.45) is 0 Å². The fraction of sp³-hybridized carbons (Fsp3) is 0.143. The molecule has 1 aliphatic rings. The Bertz CT molecular complexity index is 906. The van der Waals surface area contributed by atoms with E-state index in [0.717, 1.165) is 36.3 Å². The molecule has 0 amide bonds. The molecule has 24 heavy (non-hydrogen) atoms. The molecule has 1 aromatic heterocycles. The van der Waals surface area contributed by atoms with Gasteiger partial charge in [-0.3, -0.25) is 4.98 Å². The van der Waals surface area contributed by atoms with E-state index in [9.17, 15) is 0 Å². The molecule has 0 spiro atoms. The lowest BCUT2D eigenvalue weighted by molar-refractivity contribution is 0.632. The highest BCUT2D eigenvalue weighted by molar-refractivity contribution is 5.74. The Kier molecular flexibility index (Phi) is 3.82. The van der Waals surface area contributed by atoms with Gasteiger partial charge in [-0.15, -0.1) is 0 Å². The summed E-state index contributed by atoms with van der Waals surface area (Å²) in [7, 11) is 0. The van der Waals surface area contributed by atoms with Crippen LogP contribution in [0.3, 0.4) is 0 Å². The van der Waals surface area contributed by atoms with E-state index >= 15 is 0 Å². The zero-order valence-electron chi connectivity index (χ0n) is 13.3. The highest BCUT2D eigenvalue weighted by atomic mass is 14.9. The molecule has 4 rings (SSSR count). The van der Waals surface area contributed by atoms with Crippen LogP contribution in [0, 0.1) is 11.3 Å². The van der Waals surface area contributed by atoms with Crippen molar-refractivity contribution in [3.8, 4) is 28.5 Å². The Hall–Kier alpha value is -2.96.